The van der Waals surface area contributed by atoms with Gasteiger partial charge in [-0.05, 0) is 48.9 Å². The van der Waals surface area contributed by atoms with Crippen molar-refractivity contribution in [3.63, 3.8) is 0 Å². The molecule has 6 nitrogen and oxygen atoms in total. The molecule has 0 amide bonds. The number of nitrogens with zero attached hydrogens (tertiary/aromatic N) is 3. The fraction of sp³-hybridized carbons (Fsp3) is 0.143. The van der Waals surface area contributed by atoms with Crippen LogP contribution in [0.2, 0.25) is 0 Å². The second-order valence-electron chi connectivity index (χ2n) is 6.99. The second kappa shape index (κ2) is 7.38. The molecule has 4 aromatic rings. The number of rotatable bonds is 4. The van der Waals surface area contributed by atoms with Crippen molar-refractivity contribution < 1.29 is 26.0 Å². The highest BCUT2D eigenvalue weighted by Gasteiger charge is 2.35. The molecule has 0 saturated carbocycles. The zero-order valence-corrected chi connectivity index (χ0v) is 17.2. The Morgan fingerprint density at radius 2 is 1.74 bits per heavy atom. The van der Waals surface area contributed by atoms with E-state index in [-0.39, 0.29) is 10.6 Å². The SMILES string of the molecule is Cc1cc(-c2cc(C(F)(F)F)nn2-c2ccc(S(C)(=O)=O)cc2)ccc1-c1cocn1. The van der Waals surface area contributed by atoms with Crippen LogP contribution in [-0.2, 0) is 16.0 Å². The third-order valence-corrected chi connectivity index (χ3v) is 5.87. The maximum Gasteiger partial charge on any atom is 0.435 e. The lowest BCUT2D eigenvalue weighted by atomic mass is 10.0. The van der Waals surface area contributed by atoms with Gasteiger partial charge in [0.1, 0.15) is 12.0 Å². The fourth-order valence-electron chi connectivity index (χ4n) is 3.21. The van der Waals surface area contributed by atoms with Crippen LogP contribution in [0.5, 0.6) is 0 Å². The van der Waals surface area contributed by atoms with Crippen LogP contribution >= 0.6 is 0 Å². The summed E-state index contributed by atoms with van der Waals surface area (Å²) in [5, 5.41) is 3.74. The molecule has 0 spiro atoms. The number of hydrogen-bond donors (Lipinski definition) is 0. The molecule has 0 unspecified atom stereocenters. The number of oxazole rings is 1. The molecule has 0 bridgehead atoms. The van der Waals surface area contributed by atoms with Crippen molar-refractivity contribution in [2.24, 2.45) is 0 Å². The van der Waals surface area contributed by atoms with E-state index in [1.807, 2.05) is 6.92 Å². The predicted octanol–water partition coefficient (Wildman–Crippen LogP) is 4.93. The van der Waals surface area contributed by atoms with Crippen molar-refractivity contribution in [2.45, 2.75) is 18.0 Å². The maximum absolute atomic E-state index is 13.4. The van der Waals surface area contributed by atoms with Crippen molar-refractivity contribution in [3.05, 3.63) is 72.4 Å². The van der Waals surface area contributed by atoms with Gasteiger partial charge in [-0.15, -0.1) is 0 Å². The normalized spacial score (nSPS) is 12.3. The minimum atomic E-state index is -4.64. The van der Waals surface area contributed by atoms with Gasteiger partial charge in [-0.1, -0.05) is 12.1 Å². The Bertz CT molecular complexity index is 1340. The molecular weight excluding hydrogens is 431 g/mol. The van der Waals surface area contributed by atoms with E-state index in [2.05, 4.69) is 10.1 Å². The molecule has 2 aromatic carbocycles. The quantitative estimate of drug-likeness (QED) is 0.444. The van der Waals surface area contributed by atoms with Crippen LogP contribution in [0.4, 0.5) is 13.2 Å². The van der Waals surface area contributed by atoms with Crippen LogP contribution in [0.25, 0.3) is 28.2 Å². The lowest BCUT2D eigenvalue weighted by Gasteiger charge is -2.10. The summed E-state index contributed by atoms with van der Waals surface area (Å²) in [6.07, 6.45) is -0.796. The van der Waals surface area contributed by atoms with E-state index in [1.165, 1.54) is 36.9 Å². The first-order chi connectivity index (χ1) is 14.5. The Balaban J connectivity index is 1.84. The van der Waals surface area contributed by atoms with Gasteiger partial charge in [-0.3, -0.25) is 0 Å². The first-order valence-electron chi connectivity index (χ1n) is 9.01. The van der Waals surface area contributed by atoms with Gasteiger partial charge in [-0.2, -0.15) is 18.3 Å². The topological polar surface area (TPSA) is 78.0 Å². The van der Waals surface area contributed by atoms with E-state index in [0.717, 1.165) is 28.1 Å². The monoisotopic (exact) mass is 447 g/mol. The number of sulfone groups is 1. The van der Waals surface area contributed by atoms with Crippen LogP contribution in [0, 0.1) is 6.92 Å². The summed E-state index contributed by atoms with van der Waals surface area (Å²) in [6, 6.07) is 11.6. The van der Waals surface area contributed by atoms with E-state index in [1.54, 1.807) is 18.2 Å². The average Bonchev–Trinajstić information content (AvgIpc) is 3.37. The highest BCUT2D eigenvalue weighted by Crippen LogP contribution is 2.35. The maximum atomic E-state index is 13.4. The number of benzene rings is 2. The summed E-state index contributed by atoms with van der Waals surface area (Å²) in [5.74, 6) is 0. The Hall–Kier alpha value is -3.40. The Morgan fingerprint density at radius 1 is 1.03 bits per heavy atom. The molecule has 0 radical (unpaired) electrons. The van der Waals surface area contributed by atoms with Gasteiger partial charge in [0.05, 0.1) is 16.3 Å². The van der Waals surface area contributed by atoms with Crippen LogP contribution < -0.4 is 0 Å². The summed E-state index contributed by atoms with van der Waals surface area (Å²) in [6.45, 7) is 1.82. The third-order valence-electron chi connectivity index (χ3n) is 4.74. The number of alkyl halides is 3. The molecule has 0 atom stereocenters. The van der Waals surface area contributed by atoms with E-state index < -0.39 is 21.7 Å². The molecule has 0 fully saturated rings. The smallest absolute Gasteiger partial charge is 0.435 e. The minimum Gasteiger partial charge on any atom is -0.451 e. The molecule has 4 rings (SSSR count). The minimum absolute atomic E-state index is 0.0637. The highest BCUT2D eigenvalue weighted by atomic mass is 32.2. The van der Waals surface area contributed by atoms with Crippen LogP contribution in [0.15, 0.2) is 70.5 Å². The van der Waals surface area contributed by atoms with Crippen LogP contribution in [-0.4, -0.2) is 29.4 Å². The number of hydrogen-bond acceptors (Lipinski definition) is 5. The van der Waals surface area contributed by atoms with Crippen molar-refractivity contribution >= 4 is 9.84 Å². The van der Waals surface area contributed by atoms with Crippen LogP contribution in [0.1, 0.15) is 11.3 Å². The average molecular weight is 447 g/mol. The number of aromatic nitrogens is 3. The molecule has 2 aromatic heterocycles. The van der Waals surface area contributed by atoms with E-state index >= 15 is 0 Å². The van der Waals surface area contributed by atoms with Gasteiger partial charge in [0, 0.05) is 17.4 Å². The van der Waals surface area contributed by atoms with E-state index in [4.69, 9.17) is 4.42 Å². The van der Waals surface area contributed by atoms with Gasteiger partial charge in [0.15, 0.2) is 21.9 Å². The molecule has 0 aliphatic rings. The zero-order valence-electron chi connectivity index (χ0n) is 16.4. The second-order valence-corrected chi connectivity index (χ2v) is 9.01. The van der Waals surface area contributed by atoms with Crippen molar-refractivity contribution in [1.82, 2.24) is 14.8 Å². The van der Waals surface area contributed by atoms with Crippen molar-refractivity contribution in [2.75, 3.05) is 6.26 Å². The van der Waals surface area contributed by atoms with Gasteiger partial charge in [-0.25, -0.2) is 18.1 Å². The van der Waals surface area contributed by atoms with Crippen LogP contribution in [0.3, 0.4) is 0 Å². The Kier molecular flexibility index (Phi) is 4.97. The number of aryl methyl sites for hydroxylation is 1. The molecular formula is C21H16F3N3O3S. The highest BCUT2D eigenvalue weighted by molar-refractivity contribution is 7.90. The Morgan fingerprint density at radius 3 is 2.29 bits per heavy atom. The van der Waals surface area contributed by atoms with E-state index in [0.29, 0.717) is 16.9 Å². The van der Waals surface area contributed by atoms with Crippen molar-refractivity contribution in [3.8, 4) is 28.2 Å². The lowest BCUT2D eigenvalue weighted by molar-refractivity contribution is -0.141. The van der Waals surface area contributed by atoms with Gasteiger partial charge in [0.25, 0.3) is 0 Å². The Labute approximate surface area is 175 Å². The summed E-state index contributed by atoms with van der Waals surface area (Å²) in [5.41, 5.74) is 2.18. The molecule has 0 aliphatic heterocycles. The largest absolute Gasteiger partial charge is 0.451 e. The lowest BCUT2D eigenvalue weighted by Crippen LogP contribution is -2.07. The standard InChI is InChI=1S/C21H16F3N3O3S/c1-13-9-14(3-8-17(13)18-11-30-12-25-18)19-10-20(21(22,23)24)26-27(19)15-4-6-16(7-5-15)31(2,28)29/h3-12H,1-2H3. The number of halogens is 3. The van der Waals surface area contributed by atoms with E-state index in [9.17, 15) is 21.6 Å². The van der Waals surface area contributed by atoms with Gasteiger partial charge >= 0.3 is 6.18 Å². The molecule has 10 heteroatoms. The molecule has 31 heavy (non-hydrogen) atoms. The van der Waals surface area contributed by atoms with Gasteiger partial charge in [0.2, 0.25) is 0 Å². The first kappa shape index (κ1) is 20.9. The predicted molar refractivity (Wildman–Crippen MR) is 107 cm³/mol. The zero-order chi connectivity index (χ0) is 22.4. The molecule has 160 valence electrons. The molecule has 0 aliphatic carbocycles. The van der Waals surface area contributed by atoms with Crippen molar-refractivity contribution in [1.29, 1.82) is 0 Å². The molecule has 0 saturated heterocycles. The fourth-order valence-corrected chi connectivity index (χ4v) is 3.84. The molecule has 0 N–H and O–H groups in total. The summed E-state index contributed by atoms with van der Waals surface area (Å²) in [7, 11) is -3.44. The molecule has 2 heterocycles. The summed E-state index contributed by atoms with van der Waals surface area (Å²) in [4.78, 5) is 4.16. The third kappa shape index (κ3) is 4.11. The summed E-state index contributed by atoms with van der Waals surface area (Å²) >= 11 is 0. The summed E-state index contributed by atoms with van der Waals surface area (Å²) < 4.78 is 69.7. The van der Waals surface area contributed by atoms with Gasteiger partial charge < -0.3 is 4.42 Å². The first-order valence-corrected chi connectivity index (χ1v) is 10.9.